The van der Waals surface area contributed by atoms with Gasteiger partial charge in [0.15, 0.2) is 0 Å². The summed E-state index contributed by atoms with van der Waals surface area (Å²) in [6.07, 6.45) is 0.435. The Morgan fingerprint density at radius 1 is 1.17 bits per heavy atom. The van der Waals surface area contributed by atoms with Gasteiger partial charge in [0.2, 0.25) is 5.91 Å². The first-order valence-electron chi connectivity index (χ1n) is 7.04. The van der Waals surface area contributed by atoms with E-state index in [-0.39, 0.29) is 5.91 Å². The van der Waals surface area contributed by atoms with Crippen LogP contribution in [0.3, 0.4) is 0 Å². The molecule has 0 bridgehead atoms. The van der Waals surface area contributed by atoms with E-state index in [0.717, 1.165) is 17.1 Å². The molecule has 6 heteroatoms. The lowest BCUT2D eigenvalue weighted by molar-refractivity contribution is -0.115. The molecule has 0 aliphatic rings. The largest absolute Gasteiger partial charge is 0.495 e. The van der Waals surface area contributed by atoms with Gasteiger partial charge in [-0.15, -0.1) is 0 Å². The van der Waals surface area contributed by atoms with Gasteiger partial charge in [-0.3, -0.25) is 4.79 Å². The first-order valence-corrected chi connectivity index (χ1v) is 8.95. The van der Waals surface area contributed by atoms with Crippen LogP contribution in [0.15, 0.2) is 42.5 Å². The first-order chi connectivity index (χ1) is 11.1. The minimum atomic E-state index is -0.0314. The Labute approximate surface area is 150 Å². The molecule has 0 spiro atoms. The zero-order chi connectivity index (χ0) is 16.7. The van der Waals surface area contributed by atoms with E-state index in [1.165, 1.54) is 0 Å². The molecule has 1 amide bonds. The molecule has 1 N–H and O–H groups in total. The lowest BCUT2D eigenvalue weighted by Crippen LogP contribution is -2.12. The second kappa shape index (κ2) is 9.06. The van der Waals surface area contributed by atoms with Gasteiger partial charge in [0.05, 0.1) is 22.8 Å². The summed E-state index contributed by atoms with van der Waals surface area (Å²) in [6.45, 7) is 0. The predicted molar refractivity (Wildman–Crippen MR) is 98.9 cm³/mol. The molecule has 0 aliphatic carbocycles. The van der Waals surface area contributed by atoms with Gasteiger partial charge in [-0.2, -0.15) is 11.8 Å². The monoisotopic (exact) mass is 369 g/mol. The average molecular weight is 370 g/mol. The molecule has 0 saturated carbocycles. The Morgan fingerprint density at radius 3 is 2.70 bits per heavy atom. The van der Waals surface area contributed by atoms with Gasteiger partial charge in [0.25, 0.3) is 0 Å². The highest BCUT2D eigenvalue weighted by atomic mass is 35.5. The lowest BCUT2D eigenvalue weighted by atomic mass is 10.2. The van der Waals surface area contributed by atoms with E-state index < -0.39 is 0 Å². The summed E-state index contributed by atoms with van der Waals surface area (Å²) in [5, 5.41) is 3.97. The van der Waals surface area contributed by atoms with Gasteiger partial charge in [-0.25, -0.2) is 0 Å². The maximum absolute atomic E-state index is 12.0. The fraction of sp³-hybridized carbons (Fsp3) is 0.235. The SMILES string of the molecule is COc1ccccc1NC(=O)CCSCc1ccc(Cl)c(Cl)c1. The third kappa shape index (κ3) is 5.65. The highest BCUT2D eigenvalue weighted by molar-refractivity contribution is 7.98. The molecule has 23 heavy (non-hydrogen) atoms. The van der Waals surface area contributed by atoms with E-state index >= 15 is 0 Å². The van der Waals surface area contributed by atoms with Gasteiger partial charge in [0.1, 0.15) is 5.75 Å². The molecule has 3 nitrogen and oxygen atoms in total. The normalized spacial score (nSPS) is 10.4. The molecule has 0 unspecified atom stereocenters. The van der Waals surface area contributed by atoms with E-state index in [2.05, 4.69) is 5.32 Å². The number of nitrogens with one attached hydrogen (secondary N) is 1. The number of amides is 1. The highest BCUT2D eigenvalue weighted by Gasteiger charge is 2.07. The number of thioether (sulfide) groups is 1. The van der Waals surface area contributed by atoms with Crippen LogP contribution in [0.1, 0.15) is 12.0 Å². The van der Waals surface area contributed by atoms with Crippen LogP contribution in [-0.2, 0) is 10.5 Å². The second-order valence-corrected chi connectivity index (χ2v) is 6.72. The van der Waals surface area contributed by atoms with E-state index in [1.807, 2.05) is 36.4 Å². The molecule has 0 saturated heterocycles. The number of carbonyl (C=O) groups excluding carboxylic acids is 1. The topological polar surface area (TPSA) is 38.3 Å². The third-order valence-electron chi connectivity index (χ3n) is 3.11. The predicted octanol–water partition coefficient (Wildman–Crippen LogP) is 5.26. The van der Waals surface area contributed by atoms with Crippen molar-refractivity contribution in [2.45, 2.75) is 12.2 Å². The van der Waals surface area contributed by atoms with Crippen LogP contribution in [0.2, 0.25) is 10.0 Å². The maximum atomic E-state index is 12.0. The smallest absolute Gasteiger partial charge is 0.225 e. The molecule has 0 fully saturated rings. The molecule has 0 heterocycles. The summed E-state index contributed by atoms with van der Waals surface area (Å²) < 4.78 is 5.21. The van der Waals surface area contributed by atoms with Crippen LogP contribution < -0.4 is 10.1 Å². The Hall–Kier alpha value is -1.36. The fourth-order valence-electron chi connectivity index (χ4n) is 1.94. The van der Waals surface area contributed by atoms with Crippen molar-refractivity contribution in [2.75, 3.05) is 18.2 Å². The number of ether oxygens (including phenoxy) is 1. The molecule has 122 valence electrons. The summed E-state index contributed by atoms with van der Waals surface area (Å²) in [6, 6.07) is 12.9. The lowest BCUT2D eigenvalue weighted by Gasteiger charge is -2.09. The van der Waals surface area contributed by atoms with Crippen molar-refractivity contribution in [3.05, 3.63) is 58.1 Å². The van der Waals surface area contributed by atoms with Gasteiger partial charge in [-0.05, 0) is 29.8 Å². The quantitative estimate of drug-likeness (QED) is 0.676. The minimum absolute atomic E-state index is 0.0314. The Bertz CT molecular complexity index is 679. The molecule has 0 atom stereocenters. The highest BCUT2D eigenvalue weighted by Crippen LogP contribution is 2.25. The summed E-state index contributed by atoms with van der Waals surface area (Å²) in [5.74, 6) is 2.14. The first kappa shape index (κ1) is 18.0. The number of hydrogen-bond donors (Lipinski definition) is 1. The van der Waals surface area contributed by atoms with Crippen molar-refractivity contribution in [2.24, 2.45) is 0 Å². The van der Waals surface area contributed by atoms with Crippen LogP contribution in [0, 0.1) is 0 Å². The standard InChI is InChI=1S/C17H17Cl2NO2S/c1-22-16-5-3-2-4-15(16)20-17(21)8-9-23-11-12-6-7-13(18)14(19)10-12/h2-7,10H,8-9,11H2,1H3,(H,20,21). The molecule has 0 radical (unpaired) electrons. The molecular weight excluding hydrogens is 353 g/mol. The number of para-hydroxylation sites is 2. The minimum Gasteiger partial charge on any atom is -0.495 e. The van der Waals surface area contributed by atoms with Gasteiger partial charge in [-0.1, -0.05) is 41.4 Å². The van der Waals surface area contributed by atoms with E-state index in [4.69, 9.17) is 27.9 Å². The number of halogens is 2. The van der Waals surface area contributed by atoms with Crippen LogP contribution in [0.4, 0.5) is 5.69 Å². The number of methoxy groups -OCH3 is 1. The van der Waals surface area contributed by atoms with Gasteiger partial charge >= 0.3 is 0 Å². The molecular formula is C17H17Cl2NO2S. The Kier molecular flexibility index (Phi) is 7.09. The Balaban J connectivity index is 1.75. The summed E-state index contributed by atoms with van der Waals surface area (Å²) in [4.78, 5) is 12.0. The second-order valence-electron chi connectivity index (χ2n) is 4.80. The molecule has 2 aromatic rings. The van der Waals surface area contributed by atoms with Crippen molar-refractivity contribution in [1.82, 2.24) is 0 Å². The number of benzene rings is 2. The summed E-state index contributed by atoms with van der Waals surface area (Å²) in [5.41, 5.74) is 1.78. The van der Waals surface area contributed by atoms with Crippen molar-refractivity contribution in [3.8, 4) is 5.75 Å². The maximum Gasteiger partial charge on any atom is 0.225 e. The molecule has 0 aromatic heterocycles. The zero-order valence-electron chi connectivity index (χ0n) is 12.6. The fourth-order valence-corrected chi connectivity index (χ4v) is 3.15. The number of hydrogen-bond acceptors (Lipinski definition) is 3. The molecule has 2 rings (SSSR count). The molecule has 2 aromatic carbocycles. The molecule has 0 aliphatic heterocycles. The summed E-state index contributed by atoms with van der Waals surface area (Å²) >= 11 is 13.5. The van der Waals surface area contributed by atoms with Crippen molar-refractivity contribution in [1.29, 1.82) is 0 Å². The Morgan fingerprint density at radius 2 is 1.96 bits per heavy atom. The average Bonchev–Trinajstić information content (AvgIpc) is 2.55. The number of carbonyl (C=O) groups is 1. The van der Waals surface area contributed by atoms with Crippen molar-refractivity contribution in [3.63, 3.8) is 0 Å². The van der Waals surface area contributed by atoms with Crippen LogP contribution in [-0.4, -0.2) is 18.8 Å². The van der Waals surface area contributed by atoms with Crippen molar-refractivity contribution < 1.29 is 9.53 Å². The van der Waals surface area contributed by atoms with Crippen molar-refractivity contribution >= 4 is 46.6 Å². The van der Waals surface area contributed by atoms with Crippen LogP contribution >= 0.6 is 35.0 Å². The van der Waals surface area contributed by atoms with Gasteiger partial charge < -0.3 is 10.1 Å². The number of rotatable bonds is 7. The third-order valence-corrected chi connectivity index (χ3v) is 4.88. The zero-order valence-corrected chi connectivity index (χ0v) is 15.0. The van der Waals surface area contributed by atoms with E-state index in [9.17, 15) is 4.79 Å². The van der Waals surface area contributed by atoms with Crippen LogP contribution in [0.25, 0.3) is 0 Å². The van der Waals surface area contributed by atoms with E-state index in [1.54, 1.807) is 24.9 Å². The number of anilines is 1. The van der Waals surface area contributed by atoms with Gasteiger partial charge in [0, 0.05) is 17.9 Å². The van der Waals surface area contributed by atoms with Crippen LogP contribution in [0.5, 0.6) is 5.75 Å². The summed E-state index contributed by atoms with van der Waals surface area (Å²) in [7, 11) is 1.58. The van der Waals surface area contributed by atoms with E-state index in [0.29, 0.717) is 27.9 Å².